The Morgan fingerprint density at radius 2 is 1.89 bits per heavy atom. The molecule has 144 valence electrons. The standard InChI is InChI=1S/C23H26N4O/c1-23(2,3)27-22(28)24-17-10-12-19-16(14-17)9-13-21(25-19)26-20-11-8-15-6-4-5-7-18(15)20/h4-7,9-10,12-14,20H,8,11H2,1-3H3,(H,25,26)(H2,24,27,28). The Hall–Kier alpha value is -3.08. The molecule has 0 spiro atoms. The molecule has 28 heavy (non-hydrogen) atoms. The first-order valence-electron chi connectivity index (χ1n) is 9.72. The molecule has 0 aliphatic heterocycles. The number of carbonyl (C=O) groups is 1. The van der Waals surface area contributed by atoms with E-state index in [1.165, 1.54) is 11.1 Å². The molecule has 5 nitrogen and oxygen atoms in total. The summed E-state index contributed by atoms with van der Waals surface area (Å²) in [4.78, 5) is 16.8. The molecule has 1 atom stereocenters. The fraction of sp³-hybridized carbons (Fsp3) is 0.304. The number of aromatic nitrogens is 1. The van der Waals surface area contributed by atoms with Crippen LogP contribution < -0.4 is 16.0 Å². The molecule has 1 aliphatic rings. The zero-order valence-electron chi connectivity index (χ0n) is 16.5. The molecule has 2 amide bonds. The number of anilines is 2. The summed E-state index contributed by atoms with van der Waals surface area (Å²) in [6, 6.07) is 18.5. The maximum absolute atomic E-state index is 12.1. The highest BCUT2D eigenvalue weighted by Gasteiger charge is 2.22. The molecule has 0 bridgehead atoms. The highest BCUT2D eigenvalue weighted by molar-refractivity contribution is 5.93. The van der Waals surface area contributed by atoms with Gasteiger partial charge in [0.15, 0.2) is 0 Å². The van der Waals surface area contributed by atoms with E-state index in [-0.39, 0.29) is 11.6 Å². The van der Waals surface area contributed by atoms with Crippen LogP contribution in [0.5, 0.6) is 0 Å². The second kappa shape index (κ2) is 7.15. The second-order valence-electron chi connectivity index (χ2n) is 8.37. The predicted molar refractivity (Wildman–Crippen MR) is 115 cm³/mol. The fourth-order valence-electron chi connectivity index (χ4n) is 3.67. The number of amides is 2. The van der Waals surface area contributed by atoms with Gasteiger partial charge in [0.2, 0.25) is 0 Å². The number of benzene rings is 2. The van der Waals surface area contributed by atoms with Crippen molar-refractivity contribution in [3.63, 3.8) is 0 Å². The number of aryl methyl sites for hydroxylation is 1. The van der Waals surface area contributed by atoms with Crippen molar-refractivity contribution in [2.75, 3.05) is 10.6 Å². The smallest absolute Gasteiger partial charge is 0.319 e. The molecule has 1 aliphatic carbocycles. The molecule has 1 unspecified atom stereocenters. The lowest BCUT2D eigenvalue weighted by atomic mass is 10.1. The van der Waals surface area contributed by atoms with Gasteiger partial charge in [-0.1, -0.05) is 24.3 Å². The lowest BCUT2D eigenvalue weighted by Gasteiger charge is -2.20. The number of hydrogen-bond acceptors (Lipinski definition) is 3. The van der Waals surface area contributed by atoms with E-state index in [0.29, 0.717) is 6.04 Å². The van der Waals surface area contributed by atoms with E-state index in [9.17, 15) is 4.79 Å². The van der Waals surface area contributed by atoms with Crippen LogP contribution in [0.3, 0.4) is 0 Å². The molecule has 0 saturated carbocycles. The van der Waals surface area contributed by atoms with Crippen molar-refractivity contribution in [3.8, 4) is 0 Å². The first kappa shape index (κ1) is 18.3. The largest absolute Gasteiger partial charge is 0.363 e. The van der Waals surface area contributed by atoms with Gasteiger partial charge in [0, 0.05) is 16.6 Å². The fourth-order valence-corrected chi connectivity index (χ4v) is 3.67. The van der Waals surface area contributed by atoms with Gasteiger partial charge in [0.1, 0.15) is 5.82 Å². The zero-order chi connectivity index (χ0) is 19.7. The first-order valence-corrected chi connectivity index (χ1v) is 9.72. The summed E-state index contributed by atoms with van der Waals surface area (Å²) in [5, 5.41) is 10.3. The van der Waals surface area contributed by atoms with Gasteiger partial charge in [0.05, 0.1) is 11.6 Å². The maximum Gasteiger partial charge on any atom is 0.319 e. The molecule has 0 fully saturated rings. The van der Waals surface area contributed by atoms with Gasteiger partial charge in [0.25, 0.3) is 0 Å². The molecule has 3 N–H and O–H groups in total. The number of nitrogens with one attached hydrogen (secondary N) is 3. The topological polar surface area (TPSA) is 66.0 Å². The van der Waals surface area contributed by atoms with Crippen LogP contribution in [0.2, 0.25) is 0 Å². The minimum absolute atomic E-state index is 0.210. The third-order valence-electron chi connectivity index (χ3n) is 4.89. The van der Waals surface area contributed by atoms with Gasteiger partial charge in [-0.05, 0) is 75.1 Å². The first-order chi connectivity index (χ1) is 13.4. The number of hydrogen-bond donors (Lipinski definition) is 3. The summed E-state index contributed by atoms with van der Waals surface area (Å²) in [5.41, 5.74) is 4.17. The molecule has 4 rings (SSSR count). The van der Waals surface area contributed by atoms with Gasteiger partial charge >= 0.3 is 6.03 Å². The summed E-state index contributed by atoms with van der Waals surface area (Å²) in [7, 11) is 0. The SMILES string of the molecule is CC(C)(C)NC(=O)Nc1ccc2nc(NC3CCc4ccccc43)ccc2c1. The highest BCUT2D eigenvalue weighted by Crippen LogP contribution is 2.33. The zero-order valence-corrected chi connectivity index (χ0v) is 16.5. The molecule has 5 heteroatoms. The van der Waals surface area contributed by atoms with Crippen molar-refractivity contribution >= 4 is 28.4 Å². The average Bonchev–Trinajstić information content (AvgIpc) is 3.03. The molecule has 2 aromatic carbocycles. The number of nitrogens with zero attached hydrogens (tertiary/aromatic N) is 1. The van der Waals surface area contributed by atoms with Crippen LogP contribution in [0, 0.1) is 0 Å². The van der Waals surface area contributed by atoms with E-state index >= 15 is 0 Å². The van der Waals surface area contributed by atoms with Crippen molar-refractivity contribution in [3.05, 3.63) is 65.7 Å². The summed E-state index contributed by atoms with van der Waals surface area (Å²) in [6.45, 7) is 5.86. The molecular weight excluding hydrogens is 348 g/mol. The van der Waals surface area contributed by atoms with Gasteiger partial charge in [-0.15, -0.1) is 0 Å². The van der Waals surface area contributed by atoms with E-state index < -0.39 is 0 Å². The van der Waals surface area contributed by atoms with Gasteiger partial charge < -0.3 is 16.0 Å². The quantitative estimate of drug-likeness (QED) is 0.586. The van der Waals surface area contributed by atoms with E-state index in [1.807, 2.05) is 51.1 Å². The van der Waals surface area contributed by atoms with Crippen molar-refractivity contribution in [2.45, 2.75) is 45.2 Å². The third kappa shape index (κ3) is 4.09. The number of urea groups is 1. The number of rotatable bonds is 3. The van der Waals surface area contributed by atoms with Gasteiger partial charge in [-0.25, -0.2) is 9.78 Å². The van der Waals surface area contributed by atoms with Crippen molar-refractivity contribution < 1.29 is 4.79 Å². The normalized spacial score (nSPS) is 15.9. The Kier molecular flexibility index (Phi) is 4.67. The minimum atomic E-state index is -0.276. The minimum Gasteiger partial charge on any atom is -0.363 e. The van der Waals surface area contributed by atoms with Crippen molar-refractivity contribution in [1.29, 1.82) is 0 Å². The predicted octanol–water partition coefficient (Wildman–Crippen LogP) is 5.25. The van der Waals surface area contributed by atoms with Crippen molar-refractivity contribution in [2.24, 2.45) is 0 Å². The van der Waals surface area contributed by atoms with Crippen LogP contribution >= 0.6 is 0 Å². The van der Waals surface area contributed by atoms with Crippen LogP contribution in [-0.4, -0.2) is 16.6 Å². The molecule has 3 aromatic rings. The summed E-state index contributed by atoms with van der Waals surface area (Å²) >= 11 is 0. The summed E-state index contributed by atoms with van der Waals surface area (Å²) < 4.78 is 0. The van der Waals surface area contributed by atoms with Crippen LogP contribution in [0.15, 0.2) is 54.6 Å². The maximum atomic E-state index is 12.1. The molecule has 0 saturated heterocycles. The Morgan fingerprint density at radius 3 is 2.71 bits per heavy atom. The van der Waals surface area contributed by atoms with Gasteiger partial charge in [-0.2, -0.15) is 0 Å². The van der Waals surface area contributed by atoms with Crippen LogP contribution in [-0.2, 0) is 6.42 Å². The highest BCUT2D eigenvalue weighted by atomic mass is 16.2. The lowest BCUT2D eigenvalue weighted by Crippen LogP contribution is -2.43. The molecule has 0 radical (unpaired) electrons. The Morgan fingerprint density at radius 1 is 1.07 bits per heavy atom. The molecular formula is C23H26N4O. The van der Waals surface area contributed by atoms with Crippen LogP contribution in [0.1, 0.15) is 44.4 Å². The van der Waals surface area contributed by atoms with Crippen molar-refractivity contribution in [1.82, 2.24) is 10.3 Å². The van der Waals surface area contributed by atoms with Crippen LogP contribution in [0.4, 0.5) is 16.3 Å². The number of fused-ring (bicyclic) bond motifs is 2. The lowest BCUT2D eigenvalue weighted by molar-refractivity contribution is 0.244. The Labute approximate surface area is 165 Å². The molecule has 1 aromatic heterocycles. The second-order valence-corrected chi connectivity index (χ2v) is 8.37. The van der Waals surface area contributed by atoms with E-state index in [0.717, 1.165) is 35.2 Å². The number of pyridine rings is 1. The number of carbonyl (C=O) groups excluding carboxylic acids is 1. The summed E-state index contributed by atoms with van der Waals surface area (Å²) in [6.07, 6.45) is 2.19. The Bertz CT molecular complexity index is 1020. The van der Waals surface area contributed by atoms with Gasteiger partial charge in [-0.3, -0.25) is 0 Å². The van der Waals surface area contributed by atoms with E-state index in [2.05, 4.69) is 40.2 Å². The van der Waals surface area contributed by atoms with E-state index in [4.69, 9.17) is 4.98 Å². The van der Waals surface area contributed by atoms with Crippen LogP contribution in [0.25, 0.3) is 10.9 Å². The molecule has 1 heterocycles. The Balaban J connectivity index is 1.49. The summed E-state index contributed by atoms with van der Waals surface area (Å²) in [5.74, 6) is 0.875. The van der Waals surface area contributed by atoms with E-state index in [1.54, 1.807) is 0 Å². The average molecular weight is 374 g/mol. The monoisotopic (exact) mass is 374 g/mol. The third-order valence-corrected chi connectivity index (χ3v) is 4.89.